The molecule has 1 saturated heterocycles. The van der Waals surface area contributed by atoms with E-state index in [1.54, 1.807) is 0 Å². The third-order valence-corrected chi connectivity index (χ3v) is 5.37. The van der Waals surface area contributed by atoms with Crippen molar-refractivity contribution >= 4 is 5.91 Å². The number of nitrogens with one attached hydrogen (secondary N) is 1. The lowest BCUT2D eigenvalue weighted by Crippen LogP contribution is -3.16. The van der Waals surface area contributed by atoms with E-state index >= 15 is 0 Å². The van der Waals surface area contributed by atoms with Gasteiger partial charge < -0.3 is 55.3 Å². The van der Waals surface area contributed by atoms with Crippen molar-refractivity contribution < 1.29 is 55.2 Å². The smallest absolute Gasteiger partial charge is 0.286 e. The normalized spacial score (nSPS) is 18.8. The highest BCUT2D eigenvalue weighted by molar-refractivity contribution is 5.81. The average molecular weight is 458 g/mol. The molecule has 1 amide bonds. The topological polar surface area (TPSA) is 102 Å². The van der Waals surface area contributed by atoms with E-state index in [0.717, 1.165) is 49.8 Å². The minimum atomic E-state index is -0.334. The predicted molar refractivity (Wildman–Crippen MR) is 104 cm³/mol. The van der Waals surface area contributed by atoms with Gasteiger partial charge in [-0.05, 0) is 12.1 Å². The van der Waals surface area contributed by atoms with Crippen molar-refractivity contribution in [3.63, 3.8) is 0 Å². The van der Waals surface area contributed by atoms with Crippen LogP contribution < -0.4 is 44.9 Å². The van der Waals surface area contributed by atoms with Crippen LogP contribution in [-0.4, -0.2) is 61.7 Å². The number of amides is 1. The largest absolute Gasteiger partial charge is 1.00 e. The first-order chi connectivity index (χ1) is 13.2. The van der Waals surface area contributed by atoms with E-state index in [2.05, 4.69) is 5.73 Å². The summed E-state index contributed by atoms with van der Waals surface area (Å²) in [6.07, 6.45) is 0.0575. The molecule has 2 unspecified atom stereocenters. The van der Waals surface area contributed by atoms with Gasteiger partial charge >= 0.3 is 0 Å². The molecule has 2 heterocycles. The van der Waals surface area contributed by atoms with Crippen LogP contribution in [0.1, 0.15) is 11.6 Å². The van der Waals surface area contributed by atoms with Crippen LogP contribution >= 0.6 is 0 Å². The maximum absolute atomic E-state index is 12.7. The van der Waals surface area contributed by atoms with Gasteiger partial charge in [-0.3, -0.25) is 4.79 Å². The van der Waals surface area contributed by atoms with Crippen LogP contribution in [-0.2, 0) is 4.79 Å². The van der Waals surface area contributed by atoms with E-state index in [-0.39, 0.29) is 48.3 Å². The van der Waals surface area contributed by atoms with Crippen molar-refractivity contribution in [1.29, 1.82) is 0 Å². The van der Waals surface area contributed by atoms with Crippen LogP contribution in [0.3, 0.4) is 0 Å². The number of fused-ring (bicyclic) bond motifs is 1. The van der Waals surface area contributed by atoms with Gasteiger partial charge in [0.2, 0.25) is 0 Å². The molecule has 0 radical (unpaired) electrons. The molecular weight excluding hydrogens is 429 g/mol. The molecule has 6 N–H and O–H groups in total. The van der Waals surface area contributed by atoms with Gasteiger partial charge in [0.15, 0.2) is 23.6 Å². The van der Waals surface area contributed by atoms with Crippen molar-refractivity contribution in [2.45, 2.75) is 12.1 Å². The lowest BCUT2D eigenvalue weighted by Gasteiger charge is -2.35. The van der Waals surface area contributed by atoms with E-state index in [4.69, 9.17) is 9.47 Å². The Bertz CT molecular complexity index is 789. The SMILES string of the molecule is O.[Cl-].[Cl-].[NH3+]C(C(=O)N1CC[NH+](CC2COc3ccccc3O2)CC1)c1ccccc1. The molecule has 0 saturated carbocycles. The Morgan fingerprint density at radius 1 is 1.03 bits per heavy atom. The Hall–Kier alpha value is -2.03. The first kappa shape index (κ1) is 26.0. The van der Waals surface area contributed by atoms with Crippen molar-refractivity contribution in [3.8, 4) is 11.5 Å². The highest BCUT2D eigenvalue weighted by atomic mass is 35.5. The number of nitrogens with zero attached hydrogens (tertiary/aromatic N) is 1. The predicted octanol–water partition coefficient (Wildman–Crippen LogP) is -7.28. The fraction of sp³-hybridized carbons (Fsp3) is 0.381. The molecule has 0 aliphatic carbocycles. The number of ether oxygens (including phenoxy) is 2. The van der Waals surface area contributed by atoms with Gasteiger partial charge in [-0.15, -0.1) is 0 Å². The summed E-state index contributed by atoms with van der Waals surface area (Å²) in [5, 5.41) is 0. The number of hydrogen-bond donors (Lipinski definition) is 2. The Balaban J connectivity index is 0.00000150. The second-order valence-corrected chi connectivity index (χ2v) is 7.24. The fourth-order valence-electron chi connectivity index (χ4n) is 3.78. The van der Waals surface area contributed by atoms with Gasteiger partial charge in [0, 0.05) is 5.56 Å². The summed E-state index contributed by atoms with van der Waals surface area (Å²) < 4.78 is 11.9. The van der Waals surface area contributed by atoms with Crippen molar-refractivity contribution in [2.75, 3.05) is 39.3 Å². The van der Waals surface area contributed by atoms with E-state index in [1.807, 2.05) is 59.5 Å². The Kier molecular flexibility index (Phi) is 10.4. The van der Waals surface area contributed by atoms with Crippen LogP contribution in [0.4, 0.5) is 0 Å². The Morgan fingerprint density at radius 2 is 1.63 bits per heavy atom. The molecule has 1 fully saturated rings. The molecule has 2 aliphatic rings. The second kappa shape index (κ2) is 12.0. The van der Waals surface area contributed by atoms with Crippen LogP contribution in [0.5, 0.6) is 11.5 Å². The summed E-state index contributed by atoms with van der Waals surface area (Å²) in [6.45, 7) is 4.85. The first-order valence-corrected chi connectivity index (χ1v) is 9.59. The molecule has 4 rings (SSSR count). The molecule has 2 atom stereocenters. The first-order valence-electron chi connectivity index (χ1n) is 9.59. The molecule has 0 spiro atoms. The number of para-hydroxylation sites is 2. The number of hydrogen-bond acceptors (Lipinski definition) is 3. The summed E-state index contributed by atoms with van der Waals surface area (Å²) in [4.78, 5) is 16.1. The number of piperazine rings is 1. The minimum absolute atomic E-state index is 0. The molecule has 9 heteroatoms. The van der Waals surface area contributed by atoms with Gasteiger partial charge in [0.1, 0.15) is 13.2 Å². The Morgan fingerprint density at radius 3 is 2.30 bits per heavy atom. The van der Waals surface area contributed by atoms with Crippen LogP contribution in [0, 0.1) is 0 Å². The van der Waals surface area contributed by atoms with Gasteiger partial charge in [0.25, 0.3) is 5.91 Å². The number of carbonyl (C=O) groups is 1. The summed E-state index contributed by atoms with van der Waals surface area (Å²) in [7, 11) is 0. The highest BCUT2D eigenvalue weighted by Crippen LogP contribution is 2.30. The zero-order valence-electron chi connectivity index (χ0n) is 16.7. The van der Waals surface area contributed by atoms with E-state index in [9.17, 15) is 4.79 Å². The van der Waals surface area contributed by atoms with E-state index in [0.29, 0.717) is 6.61 Å². The Labute approximate surface area is 189 Å². The number of benzene rings is 2. The highest BCUT2D eigenvalue weighted by Gasteiger charge is 2.32. The minimum Gasteiger partial charge on any atom is -1.00 e. The maximum atomic E-state index is 12.7. The van der Waals surface area contributed by atoms with Crippen LogP contribution in [0.25, 0.3) is 0 Å². The molecule has 7 nitrogen and oxygen atoms in total. The maximum Gasteiger partial charge on any atom is 0.286 e. The molecule has 166 valence electrons. The van der Waals surface area contributed by atoms with Crippen LogP contribution in [0.2, 0.25) is 0 Å². The number of carbonyl (C=O) groups excluding carboxylic acids is 1. The van der Waals surface area contributed by atoms with Gasteiger partial charge in [-0.2, -0.15) is 0 Å². The third kappa shape index (κ3) is 6.00. The van der Waals surface area contributed by atoms with Gasteiger partial charge in [-0.1, -0.05) is 42.5 Å². The summed E-state index contributed by atoms with van der Waals surface area (Å²) in [5.74, 6) is 1.76. The molecule has 0 bridgehead atoms. The van der Waals surface area contributed by atoms with Gasteiger partial charge in [0.05, 0.1) is 26.2 Å². The number of rotatable bonds is 4. The monoisotopic (exact) mass is 457 g/mol. The van der Waals surface area contributed by atoms with Crippen molar-refractivity contribution in [2.24, 2.45) is 0 Å². The lowest BCUT2D eigenvalue weighted by molar-refractivity contribution is -0.906. The average Bonchev–Trinajstić information content (AvgIpc) is 2.74. The number of halogens is 2. The lowest BCUT2D eigenvalue weighted by atomic mass is 10.1. The van der Waals surface area contributed by atoms with Crippen molar-refractivity contribution in [3.05, 3.63) is 60.2 Å². The molecule has 2 aromatic rings. The molecule has 30 heavy (non-hydrogen) atoms. The van der Waals surface area contributed by atoms with Gasteiger partial charge in [-0.25, -0.2) is 0 Å². The second-order valence-electron chi connectivity index (χ2n) is 7.24. The van der Waals surface area contributed by atoms with E-state index < -0.39 is 0 Å². The van der Waals surface area contributed by atoms with Crippen molar-refractivity contribution in [1.82, 2.24) is 4.90 Å². The molecule has 0 aromatic heterocycles. The molecular formula is C21H29Cl2N3O4. The molecule has 2 aliphatic heterocycles. The third-order valence-electron chi connectivity index (χ3n) is 5.37. The zero-order chi connectivity index (χ0) is 18.6. The summed E-state index contributed by atoms with van der Waals surface area (Å²) in [5.41, 5.74) is 5.06. The zero-order valence-corrected chi connectivity index (χ0v) is 18.2. The quantitative estimate of drug-likeness (QED) is 0.476. The van der Waals surface area contributed by atoms with E-state index in [1.165, 1.54) is 4.90 Å². The summed E-state index contributed by atoms with van der Waals surface area (Å²) >= 11 is 0. The summed E-state index contributed by atoms with van der Waals surface area (Å²) in [6, 6.07) is 17.3. The number of quaternary nitrogens is 2. The molecule has 2 aromatic carbocycles. The fourth-order valence-corrected chi connectivity index (χ4v) is 3.78. The van der Waals surface area contributed by atoms with Crippen LogP contribution in [0.15, 0.2) is 54.6 Å². The standard InChI is InChI=1S/C21H25N3O3.2ClH.H2O/c22-20(16-6-2-1-3-7-16)21(25)24-12-10-23(11-13-24)14-17-15-26-18-8-4-5-9-19(18)27-17;;;/h1-9,17,20H,10-15,22H2;2*1H;1H2.